The van der Waals surface area contributed by atoms with Crippen molar-refractivity contribution in [3.05, 3.63) is 45.2 Å². The summed E-state index contributed by atoms with van der Waals surface area (Å²) in [6.45, 7) is 10.4. The Hall–Kier alpha value is -1.96. The molecule has 0 unspecified atom stereocenters. The summed E-state index contributed by atoms with van der Waals surface area (Å²) in [5.41, 5.74) is 3.88. The number of benzene rings is 1. The van der Waals surface area contributed by atoms with E-state index in [1.807, 2.05) is 26.1 Å². The average Bonchev–Trinajstić information content (AvgIpc) is 2.71. The van der Waals surface area contributed by atoms with Crippen LogP contribution in [0, 0.1) is 13.8 Å². The van der Waals surface area contributed by atoms with Crippen LogP contribution in [0.2, 0.25) is 0 Å². The first-order valence-corrected chi connectivity index (χ1v) is 10.4. The number of H-pyrrole nitrogens is 1. The summed E-state index contributed by atoms with van der Waals surface area (Å²) in [6.07, 6.45) is 1.03. The lowest BCUT2D eigenvalue weighted by Gasteiger charge is -2.27. The van der Waals surface area contributed by atoms with E-state index < -0.39 is 0 Å². The van der Waals surface area contributed by atoms with Crippen molar-refractivity contribution in [1.82, 2.24) is 15.2 Å². The molecule has 1 fully saturated rings. The van der Waals surface area contributed by atoms with E-state index in [1.165, 1.54) is 0 Å². The molecule has 152 valence electrons. The summed E-state index contributed by atoms with van der Waals surface area (Å²) < 4.78 is 5.43. The zero-order valence-corrected chi connectivity index (χ0v) is 17.9. The average molecular weight is 404 g/mol. The molecule has 3 N–H and O–H groups in total. The van der Waals surface area contributed by atoms with Gasteiger partial charge in [-0.25, -0.2) is 0 Å². The van der Waals surface area contributed by atoms with Crippen LogP contribution in [0.3, 0.4) is 0 Å². The Morgan fingerprint density at radius 3 is 2.71 bits per heavy atom. The quantitative estimate of drug-likeness (QED) is 0.622. The number of fused-ring (bicyclic) bond motifs is 1. The number of rotatable bonds is 6. The lowest BCUT2D eigenvalue weighted by molar-refractivity contribution is -0.908. The molecule has 0 saturated carbocycles. The number of hydrogen-bond acceptors (Lipinski definition) is 3. The molecule has 3 rings (SSSR count). The molecule has 1 aliphatic rings. The molecule has 1 aromatic heterocycles. The van der Waals surface area contributed by atoms with Gasteiger partial charge in [0.2, 0.25) is 0 Å². The highest BCUT2D eigenvalue weighted by Crippen LogP contribution is 2.20. The molecule has 0 aliphatic carbocycles. The summed E-state index contributed by atoms with van der Waals surface area (Å²) >= 11 is 5.51. The van der Waals surface area contributed by atoms with Gasteiger partial charge >= 0.3 is 0 Å². The molecule has 0 amide bonds. The van der Waals surface area contributed by atoms with Crippen LogP contribution >= 0.6 is 12.2 Å². The minimum atomic E-state index is -0.0380. The van der Waals surface area contributed by atoms with Gasteiger partial charge in [-0.15, -0.1) is 0 Å². The van der Waals surface area contributed by atoms with Crippen molar-refractivity contribution in [2.75, 3.05) is 46.4 Å². The van der Waals surface area contributed by atoms with Crippen molar-refractivity contribution in [3.63, 3.8) is 0 Å². The van der Waals surface area contributed by atoms with Crippen molar-refractivity contribution in [1.29, 1.82) is 0 Å². The summed E-state index contributed by atoms with van der Waals surface area (Å²) in [5.74, 6) is 0. The fourth-order valence-electron chi connectivity index (χ4n) is 3.78. The monoisotopic (exact) mass is 403 g/mol. The number of hydrogen-bond donors (Lipinski definition) is 3. The zero-order chi connectivity index (χ0) is 20.1. The second-order valence-corrected chi connectivity index (χ2v) is 7.94. The number of pyridine rings is 1. The van der Waals surface area contributed by atoms with E-state index in [0.29, 0.717) is 11.7 Å². The van der Waals surface area contributed by atoms with E-state index in [9.17, 15) is 4.79 Å². The van der Waals surface area contributed by atoms with Crippen LogP contribution in [0.4, 0.5) is 0 Å². The van der Waals surface area contributed by atoms with Crippen molar-refractivity contribution in [2.45, 2.75) is 26.8 Å². The molecule has 0 bridgehead atoms. The number of nitrogens with zero attached hydrogens (tertiary/aromatic N) is 1. The molecule has 2 heterocycles. The van der Waals surface area contributed by atoms with Crippen molar-refractivity contribution >= 4 is 28.2 Å². The van der Waals surface area contributed by atoms with Gasteiger partial charge in [-0.2, -0.15) is 0 Å². The number of ether oxygens (including phenoxy) is 1. The van der Waals surface area contributed by atoms with Gasteiger partial charge in [0.1, 0.15) is 13.1 Å². The van der Waals surface area contributed by atoms with Crippen LogP contribution in [0.25, 0.3) is 10.9 Å². The first-order chi connectivity index (χ1) is 13.5. The molecule has 28 heavy (non-hydrogen) atoms. The van der Waals surface area contributed by atoms with Crippen molar-refractivity contribution in [3.8, 4) is 0 Å². The summed E-state index contributed by atoms with van der Waals surface area (Å²) in [4.78, 5) is 19.4. The van der Waals surface area contributed by atoms with Gasteiger partial charge in [0.15, 0.2) is 5.11 Å². The predicted octanol–water partition coefficient (Wildman–Crippen LogP) is 0.756. The minimum absolute atomic E-state index is 0.0380. The van der Waals surface area contributed by atoms with Crippen molar-refractivity contribution < 1.29 is 9.64 Å². The third-order valence-corrected chi connectivity index (χ3v) is 6.00. The lowest BCUT2D eigenvalue weighted by atomic mass is 10.0. The van der Waals surface area contributed by atoms with E-state index in [0.717, 1.165) is 73.4 Å². The number of nitrogens with one attached hydrogen (secondary N) is 3. The van der Waals surface area contributed by atoms with Gasteiger partial charge in [0.05, 0.1) is 31.8 Å². The van der Waals surface area contributed by atoms with Crippen LogP contribution < -0.4 is 15.8 Å². The first kappa shape index (κ1) is 20.8. The highest BCUT2D eigenvalue weighted by Gasteiger charge is 2.16. The van der Waals surface area contributed by atoms with Crippen LogP contribution in [0.5, 0.6) is 0 Å². The van der Waals surface area contributed by atoms with Crippen LogP contribution in [0.1, 0.15) is 23.1 Å². The number of morpholine rings is 1. The van der Waals surface area contributed by atoms with E-state index in [-0.39, 0.29) is 5.56 Å². The molecule has 0 spiro atoms. The number of aromatic amines is 1. The third kappa shape index (κ3) is 4.90. The van der Waals surface area contributed by atoms with Gasteiger partial charge < -0.3 is 24.8 Å². The van der Waals surface area contributed by atoms with Gasteiger partial charge in [0.25, 0.3) is 5.56 Å². The maximum Gasteiger partial charge on any atom is 0.253 e. The van der Waals surface area contributed by atoms with E-state index in [2.05, 4.69) is 28.2 Å². The van der Waals surface area contributed by atoms with Gasteiger partial charge in [0, 0.05) is 31.0 Å². The Balaban J connectivity index is 1.74. The van der Waals surface area contributed by atoms with Crippen LogP contribution in [-0.4, -0.2) is 61.4 Å². The fourth-order valence-corrected chi connectivity index (χ4v) is 3.94. The second kappa shape index (κ2) is 9.49. The smallest absolute Gasteiger partial charge is 0.253 e. The topological polar surface area (TPSA) is 61.8 Å². The molecule has 0 radical (unpaired) electrons. The van der Waals surface area contributed by atoms with Gasteiger partial charge in [-0.3, -0.25) is 4.79 Å². The highest BCUT2D eigenvalue weighted by molar-refractivity contribution is 7.80. The molecule has 7 heteroatoms. The lowest BCUT2D eigenvalue weighted by Crippen LogP contribution is -3.14. The molecule has 1 saturated heterocycles. The maximum absolute atomic E-state index is 12.7. The molecule has 6 nitrogen and oxygen atoms in total. The maximum atomic E-state index is 12.7. The summed E-state index contributed by atoms with van der Waals surface area (Å²) in [7, 11) is 1.83. The second-order valence-electron chi connectivity index (χ2n) is 7.55. The Morgan fingerprint density at radius 1 is 1.29 bits per heavy atom. The zero-order valence-electron chi connectivity index (χ0n) is 17.1. The third-order valence-electron chi connectivity index (χ3n) is 5.54. The molecular weight excluding hydrogens is 372 g/mol. The molecule has 1 aromatic carbocycles. The Morgan fingerprint density at radius 2 is 2.00 bits per heavy atom. The van der Waals surface area contributed by atoms with Crippen LogP contribution in [-0.2, 0) is 11.3 Å². The first-order valence-electron chi connectivity index (χ1n) is 9.99. The SMILES string of the molecule is CNC(=S)N(CCC[NH+]1CCOCC1)Cc1cc2c(C)ccc(C)c2[nH]c1=O. The highest BCUT2D eigenvalue weighted by atomic mass is 32.1. The standard InChI is InChI=1S/C21H30N4O2S/c1-15-5-6-16(2)19-18(15)13-17(20(26)23-19)14-25(21(28)22-3)8-4-7-24-9-11-27-12-10-24/h5-6,13H,4,7-12,14H2,1-3H3,(H,22,28)(H,23,26)/p+1. The molecular formula is C21H31N4O2S+. The summed E-state index contributed by atoms with van der Waals surface area (Å²) in [6, 6.07) is 6.17. The predicted molar refractivity (Wildman–Crippen MR) is 117 cm³/mol. The fraction of sp³-hybridized carbons (Fsp3) is 0.524. The minimum Gasteiger partial charge on any atom is -0.370 e. The van der Waals surface area contributed by atoms with E-state index >= 15 is 0 Å². The molecule has 0 atom stereocenters. The van der Waals surface area contributed by atoms with Gasteiger partial charge in [-0.05, 0) is 43.3 Å². The molecule has 2 aromatic rings. The number of aryl methyl sites for hydroxylation is 2. The molecule has 1 aliphatic heterocycles. The Labute approximate surface area is 171 Å². The van der Waals surface area contributed by atoms with Gasteiger partial charge in [-0.1, -0.05) is 12.1 Å². The number of thiocarbonyl (C=S) groups is 1. The van der Waals surface area contributed by atoms with Crippen LogP contribution in [0.15, 0.2) is 23.0 Å². The number of aromatic nitrogens is 1. The Bertz CT molecular complexity index is 890. The summed E-state index contributed by atoms with van der Waals surface area (Å²) in [5, 5.41) is 4.85. The Kier molecular flexibility index (Phi) is 7.04. The largest absolute Gasteiger partial charge is 0.370 e. The van der Waals surface area contributed by atoms with E-state index in [4.69, 9.17) is 17.0 Å². The van der Waals surface area contributed by atoms with Crippen molar-refractivity contribution in [2.24, 2.45) is 0 Å². The number of quaternary nitrogens is 1. The normalized spacial score (nSPS) is 15.0. The van der Waals surface area contributed by atoms with E-state index in [1.54, 1.807) is 4.90 Å².